The lowest BCUT2D eigenvalue weighted by Gasteiger charge is -2.12. The van der Waals surface area contributed by atoms with E-state index in [1.165, 1.54) is 59.9 Å². The molecular formula is C28H23N2O+. The number of hydrogen-bond acceptors (Lipinski definition) is 1. The zero-order chi connectivity index (χ0) is 21.0. The Hall–Kier alpha value is -3.59. The molecule has 7 aromatic rings. The molecule has 0 N–H and O–H groups in total. The van der Waals surface area contributed by atoms with E-state index in [1.807, 2.05) is 0 Å². The lowest BCUT2D eigenvalue weighted by molar-refractivity contribution is -0.643. The summed E-state index contributed by atoms with van der Waals surface area (Å²) in [7, 11) is 2.15. The molecule has 7 rings (SSSR count). The van der Waals surface area contributed by atoms with Crippen molar-refractivity contribution in [1.82, 2.24) is 4.40 Å². The molecule has 31 heavy (non-hydrogen) atoms. The van der Waals surface area contributed by atoms with E-state index < -0.39 is 0 Å². The van der Waals surface area contributed by atoms with Crippen LogP contribution < -0.4 is 4.57 Å². The molecule has 0 saturated heterocycles. The lowest BCUT2D eigenvalue weighted by Crippen LogP contribution is -2.28. The van der Waals surface area contributed by atoms with Gasteiger partial charge in [0.25, 0.3) is 0 Å². The molecule has 4 heterocycles. The number of hydrogen-bond donors (Lipinski definition) is 0. The van der Waals surface area contributed by atoms with E-state index in [-0.39, 0.29) is 0 Å². The van der Waals surface area contributed by atoms with Gasteiger partial charge in [-0.3, -0.25) is 0 Å². The first-order valence-corrected chi connectivity index (χ1v) is 11.0. The summed E-state index contributed by atoms with van der Waals surface area (Å²) >= 11 is 0. The van der Waals surface area contributed by atoms with Crippen LogP contribution in [0.5, 0.6) is 0 Å². The van der Waals surface area contributed by atoms with Crippen LogP contribution in [0.15, 0.2) is 65.2 Å². The Labute approximate surface area is 179 Å². The molecule has 0 aliphatic carbocycles. The van der Waals surface area contributed by atoms with Crippen molar-refractivity contribution in [2.24, 2.45) is 7.05 Å². The van der Waals surface area contributed by atoms with Gasteiger partial charge in [-0.2, -0.15) is 0 Å². The molecule has 3 heteroatoms. The van der Waals surface area contributed by atoms with Crippen LogP contribution in [-0.4, -0.2) is 4.40 Å². The maximum Gasteiger partial charge on any atom is 0.228 e. The molecule has 0 bridgehead atoms. The molecule has 0 spiro atoms. The fraction of sp³-hybridized carbons (Fsp3) is 0.179. The van der Waals surface area contributed by atoms with Crippen molar-refractivity contribution in [2.45, 2.75) is 26.7 Å². The number of furan rings is 1. The van der Waals surface area contributed by atoms with Gasteiger partial charge in [0, 0.05) is 22.8 Å². The van der Waals surface area contributed by atoms with Crippen LogP contribution >= 0.6 is 0 Å². The van der Waals surface area contributed by atoms with Gasteiger partial charge in [-0.05, 0) is 29.3 Å². The van der Waals surface area contributed by atoms with Crippen molar-refractivity contribution >= 4 is 60.0 Å². The van der Waals surface area contributed by atoms with Crippen LogP contribution in [0.4, 0.5) is 0 Å². The Morgan fingerprint density at radius 1 is 0.806 bits per heavy atom. The Balaban J connectivity index is 2.02. The van der Waals surface area contributed by atoms with Gasteiger partial charge in [0.1, 0.15) is 29.3 Å². The van der Waals surface area contributed by atoms with Crippen LogP contribution in [0.2, 0.25) is 0 Å². The zero-order valence-electron chi connectivity index (χ0n) is 18.2. The Kier molecular flexibility index (Phi) is 3.07. The molecule has 0 amide bonds. The van der Waals surface area contributed by atoms with Crippen LogP contribution in [0, 0.1) is 6.92 Å². The van der Waals surface area contributed by atoms with E-state index in [4.69, 9.17) is 4.42 Å². The van der Waals surface area contributed by atoms with Gasteiger partial charge in [0.15, 0.2) is 6.20 Å². The number of aryl methyl sites for hydroxylation is 2. The highest BCUT2D eigenvalue weighted by molar-refractivity contribution is 6.32. The smallest absolute Gasteiger partial charge is 0.228 e. The van der Waals surface area contributed by atoms with Crippen molar-refractivity contribution < 1.29 is 8.98 Å². The normalized spacial score (nSPS) is 12.8. The summed E-state index contributed by atoms with van der Waals surface area (Å²) in [5.41, 5.74) is 7.31. The van der Waals surface area contributed by atoms with E-state index in [2.05, 4.69) is 97.6 Å². The minimum absolute atomic E-state index is 0.292. The average Bonchev–Trinajstić information content (AvgIpc) is 3.32. The Morgan fingerprint density at radius 2 is 1.52 bits per heavy atom. The minimum atomic E-state index is 0.292. The molecule has 0 aliphatic heterocycles. The molecular weight excluding hydrogens is 380 g/mol. The van der Waals surface area contributed by atoms with Crippen molar-refractivity contribution in [2.75, 3.05) is 0 Å². The molecule has 0 atom stereocenters. The maximum atomic E-state index is 6.51. The second kappa shape index (κ2) is 5.55. The molecule has 0 radical (unpaired) electrons. The monoisotopic (exact) mass is 403 g/mol. The largest absolute Gasteiger partial charge is 0.458 e. The highest BCUT2D eigenvalue weighted by Crippen LogP contribution is 2.46. The molecule has 3 nitrogen and oxygen atoms in total. The highest BCUT2D eigenvalue weighted by atomic mass is 16.3. The van der Waals surface area contributed by atoms with Crippen LogP contribution in [0.25, 0.3) is 60.0 Å². The topological polar surface area (TPSA) is 21.4 Å². The number of fused-ring (bicyclic) bond motifs is 7. The van der Waals surface area contributed by atoms with E-state index >= 15 is 0 Å². The summed E-state index contributed by atoms with van der Waals surface area (Å²) in [5, 5.41) is 7.83. The third-order valence-electron chi connectivity index (χ3n) is 7.05. The first kappa shape index (κ1) is 17.1. The van der Waals surface area contributed by atoms with Crippen molar-refractivity contribution in [3.8, 4) is 0 Å². The van der Waals surface area contributed by atoms with E-state index in [9.17, 15) is 0 Å². The number of para-hydroxylation sites is 1. The summed E-state index contributed by atoms with van der Waals surface area (Å²) in [6, 6.07) is 19.8. The predicted molar refractivity (Wildman–Crippen MR) is 128 cm³/mol. The molecule has 4 aromatic heterocycles. The van der Waals surface area contributed by atoms with Crippen molar-refractivity contribution in [1.29, 1.82) is 0 Å². The zero-order valence-corrected chi connectivity index (χ0v) is 18.2. The van der Waals surface area contributed by atoms with Gasteiger partial charge < -0.3 is 8.82 Å². The van der Waals surface area contributed by atoms with Crippen LogP contribution in [0.3, 0.4) is 0 Å². The summed E-state index contributed by atoms with van der Waals surface area (Å²) in [5.74, 6) is 1.35. The molecule has 0 unspecified atom stereocenters. The van der Waals surface area contributed by atoms with Crippen molar-refractivity contribution in [3.63, 3.8) is 0 Å². The van der Waals surface area contributed by atoms with Crippen molar-refractivity contribution in [3.05, 3.63) is 72.1 Å². The molecule has 0 fully saturated rings. The van der Waals surface area contributed by atoms with E-state index in [0.29, 0.717) is 5.92 Å². The quantitative estimate of drug-likeness (QED) is 0.164. The minimum Gasteiger partial charge on any atom is -0.458 e. The molecule has 0 aliphatic rings. The average molecular weight is 404 g/mol. The number of benzene rings is 3. The predicted octanol–water partition coefficient (Wildman–Crippen LogP) is 6.99. The third kappa shape index (κ3) is 1.88. The van der Waals surface area contributed by atoms with E-state index in [0.717, 1.165) is 11.3 Å². The van der Waals surface area contributed by atoms with Crippen LogP contribution in [-0.2, 0) is 7.05 Å². The summed E-state index contributed by atoms with van der Waals surface area (Å²) in [4.78, 5) is 0. The van der Waals surface area contributed by atoms with Gasteiger partial charge in [-0.25, -0.2) is 4.57 Å². The van der Waals surface area contributed by atoms with Gasteiger partial charge >= 0.3 is 0 Å². The van der Waals surface area contributed by atoms with Gasteiger partial charge in [-0.1, -0.05) is 56.3 Å². The summed E-state index contributed by atoms with van der Waals surface area (Å²) in [6.45, 7) is 6.71. The second-order valence-corrected chi connectivity index (χ2v) is 9.11. The third-order valence-corrected chi connectivity index (χ3v) is 7.05. The van der Waals surface area contributed by atoms with Crippen LogP contribution in [0.1, 0.15) is 31.1 Å². The highest BCUT2D eigenvalue weighted by Gasteiger charge is 2.30. The maximum absolute atomic E-state index is 6.51. The Bertz CT molecular complexity index is 1830. The fourth-order valence-corrected chi connectivity index (χ4v) is 5.76. The number of nitrogens with zero attached hydrogens (tertiary/aromatic N) is 2. The number of aromatic nitrogens is 2. The van der Waals surface area contributed by atoms with Gasteiger partial charge in [-0.15, -0.1) is 0 Å². The van der Waals surface area contributed by atoms with Gasteiger partial charge in [0.2, 0.25) is 5.52 Å². The fourth-order valence-electron chi connectivity index (χ4n) is 5.76. The summed E-state index contributed by atoms with van der Waals surface area (Å²) in [6.07, 6.45) is 2.13. The standard InChI is InChI=1S/C28H23N2O/c1-15(2)28-27-24-21(31-28)13-14-29(4)25(24)22-16(3)17-9-5-6-10-18(17)23-19-11-7-8-12-20(19)30(27)26(22)23/h5-15H,1-4H3/q+1. The van der Waals surface area contributed by atoms with E-state index in [1.54, 1.807) is 0 Å². The first-order chi connectivity index (χ1) is 15.1. The summed E-state index contributed by atoms with van der Waals surface area (Å²) < 4.78 is 11.3. The number of pyridine rings is 2. The molecule has 3 aromatic carbocycles. The van der Waals surface area contributed by atoms with Gasteiger partial charge in [0.05, 0.1) is 16.4 Å². The second-order valence-electron chi connectivity index (χ2n) is 9.11. The first-order valence-electron chi connectivity index (χ1n) is 11.0. The lowest BCUT2D eigenvalue weighted by atomic mass is 9.94. The SMILES string of the molecule is Cc1c2ccccc2c2c3ccccc3n3c4c(C(C)C)oc5cc[n+](C)c(c1c23)c54. The Morgan fingerprint density at radius 3 is 2.29 bits per heavy atom. The number of rotatable bonds is 1. The molecule has 150 valence electrons. The molecule has 0 saturated carbocycles.